The molecule has 3 heterocycles. The zero-order chi connectivity index (χ0) is 25.2. The summed E-state index contributed by atoms with van der Waals surface area (Å²) in [5.41, 5.74) is 9.92. The number of likely N-dealkylation sites (tertiary alicyclic amines) is 2. The van der Waals surface area contributed by atoms with Crippen LogP contribution in [-0.2, 0) is 11.2 Å². The monoisotopic (exact) mass is 552 g/mol. The number of allylic oxidation sites excluding steroid dienone is 1. The molecule has 2 fully saturated rings. The SMILES string of the molecule is NC(=O)N1CCC(CC(=O)N2CCC(C3c4ccc(O)cc4/C=C\Cc4cc(Br)cnc43)CC2)CC1. The number of rotatable bonds is 3. The summed E-state index contributed by atoms with van der Waals surface area (Å²) in [7, 11) is 0. The minimum absolute atomic E-state index is 0.115. The third-order valence-corrected chi connectivity index (χ3v) is 8.49. The topological polar surface area (TPSA) is 99.8 Å². The first kappa shape index (κ1) is 24.8. The summed E-state index contributed by atoms with van der Waals surface area (Å²) in [6, 6.07) is 7.43. The van der Waals surface area contributed by atoms with Crippen LogP contribution >= 0.6 is 15.9 Å². The van der Waals surface area contributed by atoms with E-state index in [4.69, 9.17) is 10.7 Å². The van der Waals surface area contributed by atoms with Gasteiger partial charge in [0.05, 0.1) is 5.69 Å². The molecule has 1 aromatic heterocycles. The quantitative estimate of drug-likeness (QED) is 0.577. The van der Waals surface area contributed by atoms with Gasteiger partial charge in [-0.2, -0.15) is 0 Å². The van der Waals surface area contributed by atoms with Crippen molar-refractivity contribution in [1.29, 1.82) is 0 Å². The second-order valence-electron chi connectivity index (χ2n) is 10.3. The maximum absolute atomic E-state index is 13.1. The Labute approximate surface area is 220 Å². The molecule has 1 unspecified atom stereocenters. The van der Waals surface area contributed by atoms with Crippen molar-refractivity contribution >= 4 is 33.9 Å². The Hall–Kier alpha value is -2.87. The third-order valence-electron chi connectivity index (χ3n) is 8.06. The molecule has 0 spiro atoms. The highest BCUT2D eigenvalue weighted by atomic mass is 79.9. The van der Waals surface area contributed by atoms with Crippen molar-refractivity contribution < 1.29 is 14.7 Å². The molecule has 1 aliphatic carbocycles. The number of benzene rings is 1. The van der Waals surface area contributed by atoms with E-state index in [2.05, 4.69) is 34.1 Å². The third kappa shape index (κ3) is 5.28. The van der Waals surface area contributed by atoms with Gasteiger partial charge < -0.3 is 20.6 Å². The largest absolute Gasteiger partial charge is 0.508 e. The number of aromatic hydroxyl groups is 1. The number of fused-ring (bicyclic) bond motifs is 2. The number of piperidine rings is 2. The van der Waals surface area contributed by atoms with Crippen LogP contribution in [0.15, 0.2) is 41.0 Å². The normalized spacial score (nSPS) is 21.8. The summed E-state index contributed by atoms with van der Waals surface area (Å²) in [5, 5.41) is 10.1. The number of halogens is 1. The van der Waals surface area contributed by atoms with Crippen LogP contribution in [0.1, 0.15) is 60.4 Å². The van der Waals surface area contributed by atoms with E-state index in [1.807, 2.05) is 23.2 Å². The minimum Gasteiger partial charge on any atom is -0.508 e. The highest BCUT2D eigenvalue weighted by Gasteiger charge is 2.34. The number of primary amides is 1. The number of carbonyl (C=O) groups excluding carboxylic acids is 2. The Kier molecular flexibility index (Phi) is 7.32. The molecule has 1 aromatic carbocycles. The fraction of sp³-hybridized carbons (Fsp3) is 0.464. The number of phenolic OH excluding ortho intramolecular Hbond substituents is 1. The van der Waals surface area contributed by atoms with Gasteiger partial charge in [0.25, 0.3) is 0 Å². The van der Waals surface area contributed by atoms with Crippen molar-refractivity contribution in [1.82, 2.24) is 14.8 Å². The predicted octanol–water partition coefficient (Wildman–Crippen LogP) is 4.67. The summed E-state index contributed by atoms with van der Waals surface area (Å²) < 4.78 is 0.974. The van der Waals surface area contributed by atoms with Gasteiger partial charge in [0.15, 0.2) is 0 Å². The molecule has 7 nitrogen and oxygen atoms in total. The van der Waals surface area contributed by atoms with Crippen LogP contribution in [0.4, 0.5) is 4.79 Å². The van der Waals surface area contributed by atoms with Gasteiger partial charge in [-0.15, -0.1) is 0 Å². The number of nitrogens with zero attached hydrogens (tertiary/aromatic N) is 3. The molecule has 3 N–H and O–H groups in total. The van der Waals surface area contributed by atoms with Crippen molar-refractivity contribution in [3.8, 4) is 5.75 Å². The number of urea groups is 1. The van der Waals surface area contributed by atoms with Gasteiger partial charge in [0, 0.05) is 49.2 Å². The van der Waals surface area contributed by atoms with Gasteiger partial charge >= 0.3 is 6.03 Å². The number of amides is 3. The zero-order valence-electron chi connectivity index (χ0n) is 20.4. The number of pyridine rings is 1. The average molecular weight is 554 g/mol. The summed E-state index contributed by atoms with van der Waals surface area (Å²) >= 11 is 3.58. The van der Waals surface area contributed by atoms with Crippen LogP contribution in [0, 0.1) is 11.8 Å². The summed E-state index contributed by atoms with van der Waals surface area (Å²) in [6.07, 6.45) is 11.0. The zero-order valence-corrected chi connectivity index (χ0v) is 22.0. The molecule has 2 aliphatic heterocycles. The highest BCUT2D eigenvalue weighted by Crippen LogP contribution is 2.42. The number of nitrogens with two attached hydrogens (primary N) is 1. The Balaban J connectivity index is 1.30. The molecule has 1 atom stereocenters. The lowest BCUT2D eigenvalue weighted by Crippen LogP contribution is -2.44. The van der Waals surface area contributed by atoms with Crippen LogP contribution < -0.4 is 5.73 Å². The lowest BCUT2D eigenvalue weighted by molar-refractivity contribution is -0.134. The molecule has 3 amide bonds. The van der Waals surface area contributed by atoms with E-state index in [0.717, 1.165) is 60.9 Å². The van der Waals surface area contributed by atoms with E-state index in [1.54, 1.807) is 11.0 Å². The standard InChI is InChI=1S/C28H33BrN4O3/c29-22-15-21-3-1-2-20-16-23(34)4-5-24(20)26(27(21)31-17-22)19-8-12-32(13-9-19)25(35)14-18-6-10-33(11-7-18)28(30)36/h1-2,4-5,15-19,26,34H,3,6-14H2,(H2,30,36)/b2-1-. The average Bonchev–Trinajstić information content (AvgIpc) is 2.86. The van der Waals surface area contributed by atoms with Crippen molar-refractivity contribution in [2.24, 2.45) is 17.6 Å². The van der Waals surface area contributed by atoms with Crippen LogP contribution in [0.2, 0.25) is 0 Å². The van der Waals surface area contributed by atoms with Gasteiger partial charge in [-0.05, 0) is 94.8 Å². The van der Waals surface area contributed by atoms with E-state index in [-0.39, 0.29) is 23.6 Å². The van der Waals surface area contributed by atoms with Crippen molar-refractivity contribution in [3.05, 3.63) is 63.4 Å². The molecule has 36 heavy (non-hydrogen) atoms. The van der Waals surface area contributed by atoms with Crippen molar-refractivity contribution in [2.45, 2.75) is 44.4 Å². The Morgan fingerprint density at radius 1 is 1.06 bits per heavy atom. The van der Waals surface area contributed by atoms with Gasteiger partial charge in [0.1, 0.15) is 5.75 Å². The molecule has 0 bridgehead atoms. The Morgan fingerprint density at radius 3 is 2.50 bits per heavy atom. The highest BCUT2D eigenvalue weighted by molar-refractivity contribution is 9.10. The van der Waals surface area contributed by atoms with E-state index in [0.29, 0.717) is 31.3 Å². The predicted molar refractivity (Wildman–Crippen MR) is 142 cm³/mol. The molecule has 2 aromatic rings. The molecule has 0 radical (unpaired) electrons. The van der Waals surface area contributed by atoms with Gasteiger partial charge in [0.2, 0.25) is 5.91 Å². The maximum Gasteiger partial charge on any atom is 0.314 e. The molecular weight excluding hydrogens is 520 g/mol. The minimum atomic E-state index is -0.369. The van der Waals surface area contributed by atoms with Crippen LogP contribution in [0.3, 0.4) is 0 Å². The van der Waals surface area contributed by atoms with E-state index in [1.165, 1.54) is 11.1 Å². The van der Waals surface area contributed by atoms with Crippen LogP contribution in [0.25, 0.3) is 6.08 Å². The summed E-state index contributed by atoms with van der Waals surface area (Å²) in [5.74, 6) is 1.28. The van der Waals surface area contributed by atoms with Crippen molar-refractivity contribution in [3.63, 3.8) is 0 Å². The molecule has 0 saturated carbocycles. The Bertz CT molecular complexity index is 1170. The van der Waals surface area contributed by atoms with Crippen molar-refractivity contribution in [2.75, 3.05) is 26.2 Å². The number of hydrogen-bond donors (Lipinski definition) is 2. The lowest BCUT2D eigenvalue weighted by Gasteiger charge is -2.38. The van der Waals surface area contributed by atoms with Gasteiger partial charge in [-0.25, -0.2) is 4.79 Å². The summed E-state index contributed by atoms with van der Waals surface area (Å²) in [4.78, 5) is 33.0. The molecule has 190 valence electrons. The number of phenols is 1. The van der Waals surface area contributed by atoms with Crippen LogP contribution in [0.5, 0.6) is 5.75 Å². The van der Waals surface area contributed by atoms with Crippen LogP contribution in [-0.4, -0.2) is 58.0 Å². The van der Waals surface area contributed by atoms with E-state index in [9.17, 15) is 14.7 Å². The molecule has 3 aliphatic rings. The van der Waals surface area contributed by atoms with Gasteiger partial charge in [-0.1, -0.05) is 18.2 Å². The first-order valence-corrected chi connectivity index (χ1v) is 13.6. The fourth-order valence-corrected chi connectivity index (χ4v) is 6.46. The second-order valence-corrected chi connectivity index (χ2v) is 11.2. The van der Waals surface area contributed by atoms with E-state index >= 15 is 0 Å². The second kappa shape index (κ2) is 10.6. The smallest absolute Gasteiger partial charge is 0.314 e. The molecule has 8 heteroatoms. The maximum atomic E-state index is 13.1. The number of hydrogen-bond acceptors (Lipinski definition) is 4. The summed E-state index contributed by atoms with van der Waals surface area (Å²) in [6.45, 7) is 2.77. The molecule has 5 rings (SSSR count). The van der Waals surface area contributed by atoms with Gasteiger partial charge in [-0.3, -0.25) is 9.78 Å². The first-order valence-electron chi connectivity index (χ1n) is 12.8. The number of carbonyl (C=O) groups is 2. The molecule has 2 saturated heterocycles. The lowest BCUT2D eigenvalue weighted by atomic mass is 9.74. The Morgan fingerprint density at radius 2 is 1.78 bits per heavy atom. The number of aromatic nitrogens is 1. The fourth-order valence-electron chi connectivity index (χ4n) is 6.08. The van der Waals surface area contributed by atoms with E-state index < -0.39 is 0 Å². The molecular formula is C28H33BrN4O3. The first-order chi connectivity index (χ1) is 17.4.